The summed E-state index contributed by atoms with van der Waals surface area (Å²) in [7, 11) is 0. The van der Waals surface area contributed by atoms with Crippen molar-refractivity contribution in [3.63, 3.8) is 0 Å². The maximum atomic E-state index is 13.9. The molecule has 5 rings (SSSR count). The van der Waals surface area contributed by atoms with Crippen molar-refractivity contribution in [2.75, 3.05) is 25.0 Å². The van der Waals surface area contributed by atoms with Crippen LogP contribution in [0.2, 0.25) is 0 Å². The number of nitrogens with zero attached hydrogens (tertiary/aromatic N) is 1. The molecule has 2 aromatic rings. The van der Waals surface area contributed by atoms with Crippen molar-refractivity contribution in [1.82, 2.24) is 4.90 Å². The van der Waals surface area contributed by atoms with Crippen LogP contribution in [-0.2, 0) is 11.2 Å². The zero-order chi connectivity index (χ0) is 21.6. The van der Waals surface area contributed by atoms with Gasteiger partial charge in [0.1, 0.15) is 6.10 Å². The van der Waals surface area contributed by atoms with E-state index in [1.807, 2.05) is 18.2 Å². The number of aryl methyl sites for hydroxylation is 1. The number of ether oxygens (including phenoxy) is 1. The summed E-state index contributed by atoms with van der Waals surface area (Å²) in [6, 6.07) is 12.0. The first-order valence-electron chi connectivity index (χ1n) is 10.9. The van der Waals surface area contributed by atoms with E-state index >= 15 is 0 Å². The third kappa shape index (κ3) is 4.05. The normalized spacial score (nSPS) is 28.7. The minimum absolute atomic E-state index is 0.0231. The highest BCUT2D eigenvalue weighted by atomic mass is 19.1. The van der Waals surface area contributed by atoms with Crippen LogP contribution >= 0.6 is 0 Å². The van der Waals surface area contributed by atoms with E-state index in [9.17, 15) is 19.4 Å². The molecule has 2 heterocycles. The fraction of sp³-hybridized carbons (Fsp3) is 0.458. The number of carbonyl (C=O) groups excluding carboxylic acids is 1. The fourth-order valence-electron chi connectivity index (χ4n) is 5.29. The van der Waals surface area contributed by atoms with Crippen LogP contribution in [0.5, 0.6) is 5.75 Å². The van der Waals surface area contributed by atoms with Gasteiger partial charge in [-0.1, -0.05) is 24.3 Å². The molecule has 2 aliphatic heterocycles. The smallest absolute Gasteiger partial charge is 0.224 e. The molecule has 4 atom stereocenters. The van der Waals surface area contributed by atoms with E-state index in [1.165, 1.54) is 6.07 Å². The van der Waals surface area contributed by atoms with E-state index in [1.54, 1.807) is 18.2 Å². The van der Waals surface area contributed by atoms with E-state index in [0.717, 1.165) is 16.8 Å². The monoisotopic (exact) mass is 426 g/mol. The van der Waals surface area contributed by atoms with Crippen molar-refractivity contribution in [3.8, 4) is 5.75 Å². The zero-order valence-corrected chi connectivity index (χ0v) is 17.3. The molecule has 31 heavy (non-hydrogen) atoms. The molecule has 0 aromatic heterocycles. The van der Waals surface area contributed by atoms with Crippen LogP contribution in [0.4, 0.5) is 10.1 Å². The number of benzene rings is 2. The van der Waals surface area contributed by atoms with E-state index in [4.69, 9.17) is 4.74 Å². The van der Waals surface area contributed by atoms with Crippen molar-refractivity contribution in [3.05, 3.63) is 59.4 Å². The van der Waals surface area contributed by atoms with Gasteiger partial charge in [-0.05, 0) is 42.2 Å². The number of carbonyl (C=O) groups is 1. The van der Waals surface area contributed by atoms with Crippen LogP contribution in [-0.4, -0.2) is 52.4 Å². The fourth-order valence-corrected chi connectivity index (χ4v) is 5.29. The molecule has 7 heteroatoms. The Bertz CT molecular complexity index is 999. The van der Waals surface area contributed by atoms with E-state index in [-0.39, 0.29) is 29.5 Å². The second kappa shape index (κ2) is 7.89. The molecule has 0 radical (unpaired) electrons. The van der Waals surface area contributed by atoms with Gasteiger partial charge in [-0.2, -0.15) is 0 Å². The Balaban J connectivity index is 1.19. The van der Waals surface area contributed by atoms with Crippen LogP contribution in [0.3, 0.4) is 0 Å². The first-order valence-corrected chi connectivity index (χ1v) is 10.9. The lowest BCUT2D eigenvalue weighted by atomic mass is 9.95. The quantitative estimate of drug-likeness (QED) is 0.685. The van der Waals surface area contributed by atoms with Gasteiger partial charge in [0.15, 0.2) is 11.6 Å². The number of nitrogens with one attached hydrogen (secondary N) is 1. The van der Waals surface area contributed by atoms with Crippen LogP contribution < -0.4 is 10.1 Å². The molecule has 1 amide bonds. The summed E-state index contributed by atoms with van der Waals surface area (Å²) in [4.78, 5) is 13.6. The molecular formula is C24H27FN2O4. The van der Waals surface area contributed by atoms with Gasteiger partial charge in [0, 0.05) is 44.1 Å². The molecule has 6 nitrogen and oxygen atoms in total. The minimum atomic E-state index is -0.879. The number of aliphatic hydroxyl groups is 2. The number of para-hydroxylation sites is 1. The number of likely N-dealkylation sites (tertiary alicyclic amines) is 1. The predicted molar refractivity (Wildman–Crippen MR) is 113 cm³/mol. The molecule has 164 valence electrons. The molecule has 0 unspecified atom stereocenters. The van der Waals surface area contributed by atoms with E-state index in [0.29, 0.717) is 45.3 Å². The number of hydrogen-bond acceptors (Lipinski definition) is 5. The Morgan fingerprint density at radius 3 is 2.90 bits per heavy atom. The van der Waals surface area contributed by atoms with Crippen LogP contribution in [0.1, 0.15) is 36.5 Å². The summed E-state index contributed by atoms with van der Waals surface area (Å²) < 4.78 is 19.7. The molecule has 1 saturated carbocycles. The van der Waals surface area contributed by atoms with Gasteiger partial charge in [-0.25, -0.2) is 4.39 Å². The molecule has 1 aliphatic carbocycles. The predicted octanol–water partition coefficient (Wildman–Crippen LogP) is 2.65. The Morgan fingerprint density at radius 2 is 2.10 bits per heavy atom. The topological polar surface area (TPSA) is 82.0 Å². The Kier molecular flexibility index (Phi) is 5.20. The number of fused-ring (bicyclic) bond motifs is 2. The number of amides is 1. The largest absolute Gasteiger partial charge is 0.487 e. The standard InChI is InChI=1S/C24H27FN2O4/c25-19-3-1-2-4-22(19)31-18-10-17-12-27(14-24(17,30)11-18)13-21(28)16-5-7-20-15(9-16)6-8-23(29)26-20/h1-5,7,9,17-18,21,28,30H,6,8,10-14H2,(H,26,29)/t17-,18+,21-,24-/m1/s1. The molecule has 3 N–H and O–H groups in total. The van der Waals surface area contributed by atoms with Crippen molar-refractivity contribution in [2.45, 2.75) is 43.5 Å². The summed E-state index contributed by atoms with van der Waals surface area (Å²) in [6.07, 6.45) is 1.37. The molecule has 2 aromatic carbocycles. The number of aliphatic hydroxyl groups excluding tert-OH is 1. The van der Waals surface area contributed by atoms with Crippen molar-refractivity contribution < 1.29 is 24.1 Å². The highest BCUT2D eigenvalue weighted by Crippen LogP contribution is 2.43. The lowest BCUT2D eigenvalue weighted by Gasteiger charge is -2.25. The third-order valence-corrected chi connectivity index (χ3v) is 6.84. The minimum Gasteiger partial charge on any atom is -0.487 e. The number of anilines is 1. The second-order valence-electron chi connectivity index (χ2n) is 9.09. The Labute approximate surface area is 180 Å². The second-order valence-corrected chi connectivity index (χ2v) is 9.09. The summed E-state index contributed by atoms with van der Waals surface area (Å²) in [5.74, 6) is -0.0991. The first kappa shape index (κ1) is 20.4. The SMILES string of the molecule is O=C1CCc2cc([C@H](O)CN3C[C@H]4C[C@H](Oc5ccccc5F)C[C@@]4(O)C3)ccc2N1. The van der Waals surface area contributed by atoms with Gasteiger partial charge in [0.2, 0.25) is 5.91 Å². The average molecular weight is 426 g/mol. The number of rotatable bonds is 5. The summed E-state index contributed by atoms with van der Waals surface area (Å²) in [5, 5.41) is 24.8. The highest BCUT2D eigenvalue weighted by molar-refractivity contribution is 5.93. The molecular weight excluding hydrogens is 399 g/mol. The lowest BCUT2D eigenvalue weighted by Crippen LogP contribution is -2.36. The lowest BCUT2D eigenvalue weighted by molar-refractivity contribution is -0.116. The highest BCUT2D eigenvalue weighted by Gasteiger charge is 2.52. The van der Waals surface area contributed by atoms with Gasteiger partial charge < -0.3 is 20.3 Å². The number of halogens is 1. The van der Waals surface area contributed by atoms with Crippen LogP contribution in [0.15, 0.2) is 42.5 Å². The third-order valence-electron chi connectivity index (χ3n) is 6.84. The Morgan fingerprint density at radius 1 is 1.26 bits per heavy atom. The van der Waals surface area contributed by atoms with Crippen molar-refractivity contribution in [1.29, 1.82) is 0 Å². The maximum Gasteiger partial charge on any atom is 0.224 e. The van der Waals surface area contributed by atoms with Gasteiger partial charge >= 0.3 is 0 Å². The number of β-amino-alcohol motifs (C(OH)–C–C–N with tert-alkyl or cyclic N) is 2. The van der Waals surface area contributed by atoms with Crippen LogP contribution in [0, 0.1) is 11.7 Å². The van der Waals surface area contributed by atoms with Gasteiger partial charge in [-0.15, -0.1) is 0 Å². The van der Waals surface area contributed by atoms with E-state index in [2.05, 4.69) is 10.2 Å². The van der Waals surface area contributed by atoms with Gasteiger partial charge in [0.25, 0.3) is 0 Å². The van der Waals surface area contributed by atoms with E-state index < -0.39 is 11.7 Å². The zero-order valence-electron chi connectivity index (χ0n) is 17.3. The molecule has 0 bridgehead atoms. The Hall–Kier alpha value is -2.48. The van der Waals surface area contributed by atoms with Gasteiger partial charge in [0.05, 0.1) is 11.7 Å². The summed E-state index contributed by atoms with van der Waals surface area (Å²) in [6.45, 7) is 1.57. The number of hydrogen-bond donors (Lipinski definition) is 3. The van der Waals surface area contributed by atoms with Crippen molar-refractivity contribution >= 4 is 11.6 Å². The molecule has 1 saturated heterocycles. The van der Waals surface area contributed by atoms with Gasteiger partial charge in [-0.3, -0.25) is 9.69 Å². The summed E-state index contributed by atoms with van der Waals surface area (Å²) >= 11 is 0. The molecule has 0 spiro atoms. The maximum absolute atomic E-state index is 13.9. The van der Waals surface area contributed by atoms with Crippen LogP contribution in [0.25, 0.3) is 0 Å². The summed E-state index contributed by atoms with van der Waals surface area (Å²) in [5.41, 5.74) is 1.80. The first-order chi connectivity index (χ1) is 14.9. The molecule has 2 fully saturated rings. The van der Waals surface area contributed by atoms with Crippen molar-refractivity contribution in [2.24, 2.45) is 5.92 Å². The average Bonchev–Trinajstić information content (AvgIpc) is 3.19. The molecule has 3 aliphatic rings.